The maximum Gasteiger partial charge on any atom is 0.255 e. The highest BCUT2D eigenvalue weighted by molar-refractivity contribution is 9.10. The zero-order valence-corrected chi connectivity index (χ0v) is 14.1. The monoisotopic (exact) mass is 341 g/mol. The summed E-state index contributed by atoms with van der Waals surface area (Å²) in [7, 11) is 0. The summed E-state index contributed by atoms with van der Waals surface area (Å²) in [5.74, 6) is -0.221. The topological polar surface area (TPSA) is 49.3 Å². The maximum atomic E-state index is 12.1. The number of rotatable bonds is 7. The maximum absolute atomic E-state index is 12.1. The van der Waals surface area contributed by atoms with E-state index in [4.69, 9.17) is 0 Å². The van der Waals surface area contributed by atoms with E-state index < -0.39 is 0 Å². The number of phenolic OH excluding ortho intramolecular Hbond substituents is 1. The van der Waals surface area contributed by atoms with Gasteiger partial charge in [0.2, 0.25) is 0 Å². The fraction of sp³-hybridized carbons (Fsp3) is 0.562. The second kappa shape index (κ2) is 7.67. The van der Waals surface area contributed by atoms with Crippen molar-refractivity contribution in [3.05, 3.63) is 28.2 Å². The summed E-state index contributed by atoms with van der Waals surface area (Å²) < 4.78 is 0.780. The van der Waals surface area contributed by atoms with Gasteiger partial charge in [-0.15, -0.1) is 0 Å². The molecule has 0 fully saturated rings. The van der Waals surface area contributed by atoms with Crippen molar-refractivity contribution < 1.29 is 9.90 Å². The van der Waals surface area contributed by atoms with Crippen molar-refractivity contribution in [2.75, 3.05) is 6.54 Å². The fourth-order valence-electron chi connectivity index (χ4n) is 2.05. The molecule has 0 saturated carbocycles. The molecule has 0 saturated heterocycles. The molecule has 0 aromatic heterocycles. The minimum atomic E-state index is -0.229. The van der Waals surface area contributed by atoms with Crippen LogP contribution < -0.4 is 5.32 Å². The van der Waals surface area contributed by atoms with Crippen LogP contribution in [-0.2, 0) is 0 Å². The fourth-order valence-corrected chi connectivity index (χ4v) is 2.41. The molecule has 0 heterocycles. The minimum Gasteiger partial charge on any atom is -0.507 e. The SMILES string of the molecule is CCCCCC(C)(C)CNC(=O)c1cc(Br)ccc1O. The molecule has 1 aromatic carbocycles. The Labute approximate surface area is 129 Å². The van der Waals surface area contributed by atoms with E-state index in [2.05, 4.69) is 42.0 Å². The van der Waals surface area contributed by atoms with E-state index in [1.807, 2.05) is 0 Å². The average molecular weight is 342 g/mol. The van der Waals surface area contributed by atoms with Gasteiger partial charge in [-0.05, 0) is 30.0 Å². The van der Waals surface area contributed by atoms with E-state index in [1.165, 1.54) is 25.3 Å². The molecule has 1 aromatic rings. The van der Waals surface area contributed by atoms with E-state index in [0.29, 0.717) is 12.1 Å². The van der Waals surface area contributed by atoms with E-state index in [0.717, 1.165) is 10.9 Å². The Hall–Kier alpha value is -1.03. The van der Waals surface area contributed by atoms with Crippen molar-refractivity contribution in [2.45, 2.75) is 46.5 Å². The Kier molecular flexibility index (Phi) is 6.53. The van der Waals surface area contributed by atoms with Crippen LogP contribution in [0.5, 0.6) is 5.75 Å². The van der Waals surface area contributed by atoms with Gasteiger partial charge in [0.1, 0.15) is 5.75 Å². The van der Waals surface area contributed by atoms with Crippen molar-refractivity contribution in [1.82, 2.24) is 5.32 Å². The summed E-state index contributed by atoms with van der Waals surface area (Å²) >= 11 is 3.31. The van der Waals surface area contributed by atoms with Crippen LogP contribution in [0.15, 0.2) is 22.7 Å². The number of halogens is 1. The number of hydrogen-bond donors (Lipinski definition) is 2. The molecule has 1 amide bonds. The standard InChI is InChI=1S/C16H24BrNO2/c1-4-5-6-9-16(2,3)11-18-15(20)13-10-12(17)7-8-14(13)19/h7-8,10,19H,4-6,9,11H2,1-3H3,(H,18,20). The van der Waals surface area contributed by atoms with E-state index in [1.54, 1.807) is 12.1 Å². The molecule has 20 heavy (non-hydrogen) atoms. The third-order valence-corrected chi connectivity index (χ3v) is 3.88. The lowest BCUT2D eigenvalue weighted by Gasteiger charge is -2.25. The summed E-state index contributed by atoms with van der Waals surface area (Å²) in [6, 6.07) is 4.86. The molecule has 0 aliphatic carbocycles. The van der Waals surface area contributed by atoms with E-state index in [-0.39, 0.29) is 17.1 Å². The second-order valence-corrected chi connectivity index (χ2v) is 6.88. The predicted octanol–water partition coefficient (Wildman–Crippen LogP) is 4.49. The summed E-state index contributed by atoms with van der Waals surface area (Å²) in [5, 5.41) is 12.6. The number of aromatic hydroxyl groups is 1. The molecule has 0 aliphatic heterocycles. The van der Waals surface area contributed by atoms with Crippen LogP contribution in [-0.4, -0.2) is 17.6 Å². The van der Waals surface area contributed by atoms with Crippen LogP contribution in [0.3, 0.4) is 0 Å². The first kappa shape index (κ1) is 17.0. The zero-order chi connectivity index (χ0) is 15.2. The third kappa shape index (κ3) is 5.53. The normalized spacial score (nSPS) is 11.4. The lowest BCUT2D eigenvalue weighted by Crippen LogP contribution is -2.34. The van der Waals surface area contributed by atoms with Gasteiger partial charge in [0, 0.05) is 11.0 Å². The van der Waals surface area contributed by atoms with E-state index >= 15 is 0 Å². The molecule has 0 unspecified atom stereocenters. The molecule has 2 N–H and O–H groups in total. The van der Waals surface area contributed by atoms with Crippen LogP contribution in [0.2, 0.25) is 0 Å². The first-order valence-corrected chi connectivity index (χ1v) is 7.92. The molecular formula is C16H24BrNO2. The smallest absolute Gasteiger partial charge is 0.255 e. The zero-order valence-electron chi connectivity index (χ0n) is 12.5. The Bertz CT molecular complexity index is 458. The lowest BCUT2D eigenvalue weighted by molar-refractivity contribution is 0.0931. The number of phenols is 1. The quantitative estimate of drug-likeness (QED) is 0.717. The van der Waals surface area contributed by atoms with Gasteiger partial charge in [0.05, 0.1) is 5.56 Å². The van der Waals surface area contributed by atoms with Crippen molar-refractivity contribution in [3.63, 3.8) is 0 Å². The second-order valence-electron chi connectivity index (χ2n) is 5.97. The van der Waals surface area contributed by atoms with Crippen molar-refractivity contribution in [1.29, 1.82) is 0 Å². The number of unbranched alkanes of at least 4 members (excludes halogenated alkanes) is 2. The van der Waals surface area contributed by atoms with E-state index in [9.17, 15) is 9.90 Å². The Morgan fingerprint density at radius 3 is 2.70 bits per heavy atom. The average Bonchev–Trinajstić information content (AvgIpc) is 2.39. The van der Waals surface area contributed by atoms with Crippen LogP contribution >= 0.6 is 15.9 Å². The minimum absolute atomic E-state index is 0.00879. The Morgan fingerprint density at radius 1 is 1.35 bits per heavy atom. The summed E-state index contributed by atoms with van der Waals surface area (Å²) in [5.41, 5.74) is 0.385. The van der Waals surface area contributed by atoms with Gasteiger partial charge in [-0.2, -0.15) is 0 Å². The molecule has 112 valence electrons. The molecule has 0 aliphatic rings. The number of amides is 1. The van der Waals surface area contributed by atoms with Crippen molar-refractivity contribution >= 4 is 21.8 Å². The lowest BCUT2D eigenvalue weighted by atomic mass is 9.87. The molecule has 4 heteroatoms. The summed E-state index contributed by atoms with van der Waals surface area (Å²) in [4.78, 5) is 12.1. The largest absolute Gasteiger partial charge is 0.507 e. The molecular weight excluding hydrogens is 318 g/mol. The van der Waals surface area contributed by atoms with Crippen LogP contribution in [0.25, 0.3) is 0 Å². The Balaban J connectivity index is 2.56. The molecule has 0 atom stereocenters. The molecule has 0 bridgehead atoms. The van der Waals surface area contributed by atoms with Gasteiger partial charge in [-0.1, -0.05) is 56.0 Å². The van der Waals surface area contributed by atoms with Gasteiger partial charge >= 0.3 is 0 Å². The first-order valence-electron chi connectivity index (χ1n) is 7.12. The van der Waals surface area contributed by atoms with Crippen LogP contribution in [0, 0.1) is 5.41 Å². The molecule has 0 spiro atoms. The number of carbonyl (C=O) groups is 1. The molecule has 1 rings (SSSR count). The number of carbonyl (C=O) groups excluding carboxylic acids is 1. The molecule has 0 radical (unpaired) electrons. The van der Waals surface area contributed by atoms with Crippen molar-refractivity contribution in [2.24, 2.45) is 5.41 Å². The summed E-state index contributed by atoms with van der Waals surface area (Å²) in [6.07, 6.45) is 4.70. The van der Waals surface area contributed by atoms with Gasteiger partial charge < -0.3 is 10.4 Å². The van der Waals surface area contributed by atoms with Gasteiger partial charge in [-0.3, -0.25) is 4.79 Å². The summed E-state index contributed by atoms with van der Waals surface area (Å²) in [6.45, 7) is 7.11. The first-order chi connectivity index (χ1) is 9.35. The van der Waals surface area contributed by atoms with Crippen LogP contribution in [0.4, 0.5) is 0 Å². The number of benzene rings is 1. The number of hydrogen-bond acceptors (Lipinski definition) is 2. The van der Waals surface area contributed by atoms with Gasteiger partial charge in [0.25, 0.3) is 5.91 Å². The van der Waals surface area contributed by atoms with Crippen molar-refractivity contribution in [3.8, 4) is 5.75 Å². The highest BCUT2D eigenvalue weighted by Gasteiger charge is 2.20. The molecule has 3 nitrogen and oxygen atoms in total. The predicted molar refractivity (Wildman–Crippen MR) is 86.1 cm³/mol. The Morgan fingerprint density at radius 2 is 2.05 bits per heavy atom. The van der Waals surface area contributed by atoms with Gasteiger partial charge in [-0.25, -0.2) is 0 Å². The number of nitrogens with one attached hydrogen (secondary N) is 1. The van der Waals surface area contributed by atoms with Crippen LogP contribution in [0.1, 0.15) is 56.8 Å². The highest BCUT2D eigenvalue weighted by atomic mass is 79.9. The van der Waals surface area contributed by atoms with Gasteiger partial charge in [0.15, 0.2) is 0 Å². The highest BCUT2D eigenvalue weighted by Crippen LogP contribution is 2.24. The third-order valence-electron chi connectivity index (χ3n) is 3.39.